The molecule has 2 heterocycles. The maximum Gasteiger partial charge on any atom is 0.436 e. The summed E-state index contributed by atoms with van der Waals surface area (Å²) in [6.07, 6.45) is -4.79. The quantitative estimate of drug-likeness (QED) is 0.679. The number of H-pyrrole nitrogens is 1. The fraction of sp³-hybridized carbons (Fsp3) is 0.0909. The molecule has 0 saturated heterocycles. The van der Waals surface area contributed by atoms with Gasteiger partial charge in [-0.2, -0.15) is 23.4 Å². The third kappa shape index (κ3) is 1.99. The number of fused-ring (bicyclic) bond motifs is 1. The largest absolute Gasteiger partial charge is 0.436 e. The van der Waals surface area contributed by atoms with Gasteiger partial charge in [-0.05, 0) is 12.1 Å². The van der Waals surface area contributed by atoms with Crippen LogP contribution in [0.4, 0.5) is 27.8 Å². The van der Waals surface area contributed by atoms with E-state index in [9.17, 15) is 22.0 Å². The fourth-order valence-electron chi connectivity index (χ4n) is 1.95. The van der Waals surface area contributed by atoms with Crippen LogP contribution in [0.2, 0.25) is 0 Å². The smallest absolute Gasteiger partial charge is 0.383 e. The number of nitrogens with one attached hydrogen (secondary N) is 1. The Morgan fingerprint density at radius 3 is 2.52 bits per heavy atom. The molecule has 0 bridgehead atoms. The molecule has 0 radical (unpaired) electrons. The second-order valence-electron chi connectivity index (χ2n) is 4.19. The van der Waals surface area contributed by atoms with Crippen molar-refractivity contribution in [2.75, 3.05) is 5.73 Å². The maximum atomic E-state index is 13.7. The van der Waals surface area contributed by atoms with Crippen molar-refractivity contribution in [2.45, 2.75) is 6.18 Å². The molecule has 10 heteroatoms. The zero-order valence-corrected chi connectivity index (χ0v) is 10.0. The Morgan fingerprint density at radius 2 is 1.90 bits per heavy atom. The minimum Gasteiger partial charge on any atom is -0.383 e. The first kappa shape index (κ1) is 13.3. The van der Waals surface area contributed by atoms with Crippen LogP contribution in [0.15, 0.2) is 18.2 Å². The molecule has 0 atom stereocenters. The molecule has 0 aliphatic rings. The van der Waals surface area contributed by atoms with E-state index in [1.54, 1.807) is 0 Å². The monoisotopic (exact) mass is 303 g/mol. The topological polar surface area (TPSA) is 72.5 Å². The molecule has 0 saturated carbocycles. The molecule has 0 fully saturated rings. The van der Waals surface area contributed by atoms with Crippen LogP contribution in [-0.2, 0) is 6.18 Å². The summed E-state index contributed by atoms with van der Waals surface area (Å²) in [5.41, 5.74) is 3.43. The van der Waals surface area contributed by atoms with E-state index in [1.165, 1.54) is 0 Å². The highest BCUT2D eigenvalue weighted by Gasteiger charge is 2.39. The van der Waals surface area contributed by atoms with Crippen LogP contribution < -0.4 is 5.73 Å². The normalized spacial score (nSPS) is 12.2. The molecule has 0 unspecified atom stereocenters. The molecule has 2 aromatic heterocycles. The highest BCUT2D eigenvalue weighted by atomic mass is 19.4. The number of nitrogens with zero attached hydrogens (tertiary/aromatic N) is 3. The van der Waals surface area contributed by atoms with Crippen LogP contribution in [0.3, 0.4) is 0 Å². The summed E-state index contributed by atoms with van der Waals surface area (Å²) in [5.74, 6) is -2.28. The number of alkyl halides is 3. The lowest BCUT2D eigenvalue weighted by Gasteiger charge is -2.04. The molecular formula is C11H6F5N5. The van der Waals surface area contributed by atoms with Gasteiger partial charge in [0.1, 0.15) is 17.3 Å². The molecule has 5 nitrogen and oxygen atoms in total. The number of nitrogen functional groups attached to an aromatic ring is 1. The van der Waals surface area contributed by atoms with Gasteiger partial charge >= 0.3 is 6.18 Å². The number of halogens is 5. The number of benzene rings is 1. The molecule has 0 spiro atoms. The number of hydrogen-bond donors (Lipinski definition) is 2. The lowest BCUT2D eigenvalue weighted by atomic mass is 10.3. The highest BCUT2D eigenvalue weighted by molar-refractivity contribution is 5.90. The van der Waals surface area contributed by atoms with Crippen molar-refractivity contribution in [3.63, 3.8) is 0 Å². The summed E-state index contributed by atoms with van der Waals surface area (Å²) in [6, 6.07) is 2.39. The zero-order chi connectivity index (χ0) is 15.4. The van der Waals surface area contributed by atoms with Crippen molar-refractivity contribution in [3.8, 4) is 5.69 Å². The van der Waals surface area contributed by atoms with Gasteiger partial charge in [-0.3, -0.25) is 5.10 Å². The summed E-state index contributed by atoms with van der Waals surface area (Å²) >= 11 is 0. The SMILES string of the molecule is Nc1[nH]nc2c1c(C(F)(F)F)nn2-c1ccc(F)cc1F. The number of hydrogen-bond acceptors (Lipinski definition) is 3. The van der Waals surface area contributed by atoms with Crippen LogP contribution >= 0.6 is 0 Å². The molecule has 21 heavy (non-hydrogen) atoms. The number of aromatic nitrogens is 4. The van der Waals surface area contributed by atoms with Crippen LogP contribution in [-0.4, -0.2) is 20.0 Å². The number of nitrogens with two attached hydrogens (primary N) is 1. The number of aromatic amines is 1. The van der Waals surface area contributed by atoms with E-state index in [0.717, 1.165) is 12.1 Å². The lowest BCUT2D eigenvalue weighted by molar-refractivity contribution is -0.140. The summed E-state index contributed by atoms with van der Waals surface area (Å²) in [5, 5.41) is 8.61. The van der Waals surface area contributed by atoms with Gasteiger partial charge in [0.2, 0.25) is 0 Å². The van der Waals surface area contributed by atoms with Gasteiger partial charge in [-0.15, -0.1) is 0 Å². The van der Waals surface area contributed by atoms with E-state index in [-0.39, 0.29) is 17.2 Å². The van der Waals surface area contributed by atoms with Gasteiger partial charge in [-0.1, -0.05) is 0 Å². The standard InChI is InChI=1S/C11H6F5N5/c12-4-1-2-6(5(13)3-4)21-10-7(9(17)18-19-10)8(20-21)11(14,15)16/h1-3H,(H3,17,18,19). The Balaban J connectivity index is 2.34. The molecule has 0 aliphatic heterocycles. The molecule has 3 N–H and O–H groups in total. The van der Waals surface area contributed by atoms with Crippen LogP contribution in [0.1, 0.15) is 5.69 Å². The molecule has 0 amide bonds. The molecule has 0 aliphatic carbocycles. The van der Waals surface area contributed by atoms with Crippen molar-refractivity contribution < 1.29 is 22.0 Å². The summed E-state index contributed by atoms with van der Waals surface area (Å²) in [7, 11) is 0. The summed E-state index contributed by atoms with van der Waals surface area (Å²) < 4.78 is 66.1. The van der Waals surface area contributed by atoms with E-state index in [4.69, 9.17) is 5.73 Å². The van der Waals surface area contributed by atoms with Crippen molar-refractivity contribution in [1.29, 1.82) is 0 Å². The van der Waals surface area contributed by atoms with Gasteiger partial charge in [0.15, 0.2) is 17.2 Å². The van der Waals surface area contributed by atoms with Gasteiger partial charge in [-0.25, -0.2) is 13.5 Å². The first-order valence-corrected chi connectivity index (χ1v) is 5.54. The van der Waals surface area contributed by atoms with Crippen molar-refractivity contribution in [3.05, 3.63) is 35.5 Å². The Hall–Kier alpha value is -2.65. The Bertz CT molecular complexity index is 831. The second kappa shape index (κ2) is 4.17. The average molecular weight is 303 g/mol. The number of rotatable bonds is 1. The fourth-order valence-corrected chi connectivity index (χ4v) is 1.95. The first-order valence-electron chi connectivity index (χ1n) is 5.54. The predicted molar refractivity (Wildman–Crippen MR) is 62.5 cm³/mol. The van der Waals surface area contributed by atoms with Crippen molar-refractivity contribution in [2.24, 2.45) is 0 Å². The Labute approximate surface area is 113 Å². The maximum absolute atomic E-state index is 13.7. The van der Waals surface area contributed by atoms with E-state index < -0.39 is 28.9 Å². The molecular weight excluding hydrogens is 297 g/mol. The summed E-state index contributed by atoms with van der Waals surface area (Å²) in [6.45, 7) is 0. The van der Waals surface area contributed by atoms with Gasteiger partial charge in [0, 0.05) is 6.07 Å². The third-order valence-corrected chi connectivity index (χ3v) is 2.82. The third-order valence-electron chi connectivity index (χ3n) is 2.82. The van der Waals surface area contributed by atoms with Crippen molar-refractivity contribution >= 4 is 16.9 Å². The molecule has 3 aromatic rings. The van der Waals surface area contributed by atoms with Crippen molar-refractivity contribution in [1.82, 2.24) is 20.0 Å². The van der Waals surface area contributed by atoms with Crippen LogP contribution in [0.5, 0.6) is 0 Å². The number of anilines is 1. The van der Waals surface area contributed by atoms with E-state index >= 15 is 0 Å². The van der Waals surface area contributed by atoms with Crippen LogP contribution in [0, 0.1) is 11.6 Å². The zero-order valence-electron chi connectivity index (χ0n) is 10.0. The Kier molecular flexibility index (Phi) is 2.65. The predicted octanol–water partition coefficient (Wildman–Crippen LogP) is 2.63. The van der Waals surface area contributed by atoms with E-state index in [0.29, 0.717) is 10.7 Å². The second-order valence-corrected chi connectivity index (χ2v) is 4.19. The van der Waals surface area contributed by atoms with Gasteiger partial charge in [0.05, 0.1) is 5.39 Å². The molecule has 3 rings (SSSR count). The minimum absolute atomic E-state index is 0.301. The van der Waals surface area contributed by atoms with E-state index in [1.807, 2.05) is 0 Å². The average Bonchev–Trinajstić information content (AvgIpc) is 2.90. The molecule has 110 valence electrons. The molecule has 1 aromatic carbocycles. The van der Waals surface area contributed by atoms with Crippen LogP contribution in [0.25, 0.3) is 16.7 Å². The van der Waals surface area contributed by atoms with E-state index in [2.05, 4.69) is 15.3 Å². The summed E-state index contributed by atoms with van der Waals surface area (Å²) in [4.78, 5) is 0. The lowest BCUT2D eigenvalue weighted by Crippen LogP contribution is -2.09. The van der Waals surface area contributed by atoms with Gasteiger partial charge < -0.3 is 5.73 Å². The minimum atomic E-state index is -4.79. The van der Waals surface area contributed by atoms with Gasteiger partial charge in [0.25, 0.3) is 0 Å². The highest BCUT2D eigenvalue weighted by Crippen LogP contribution is 2.36. The first-order chi connectivity index (χ1) is 9.79. The Morgan fingerprint density at radius 1 is 1.19 bits per heavy atom.